The fraction of sp³-hybridized carbons (Fsp3) is 0.333. The average molecular weight is 333 g/mol. The highest BCUT2D eigenvalue weighted by molar-refractivity contribution is 9.10. The van der Waals surface area contributed by atoms with Gasteiger partial charge in [-0.05, 0) is 30.2 Å². The Hall–Kier alpha value is -1.46. The predicted molar refractivity (Wildman–Crippen MR) is 83.5 cm³/mol. The third kappa shape index (κ3) is 3.55. The fourth-order valence-corrected chi connectivity index (χ4v) is 2.79. The minimum atomic E-state index is 0.473. The van der Waals surface area contributed by atoms with Crippen molar-refractivity contribution in [2.45, 2.75) is 19.0 Å². The molecule has 1 unspecified atom stereocenters. The van der Waals surface area contributed by atoms with Crippen LogP contribution in [0.5, 0.6) is 0 Å². The largest absolute Gasteiger partial charge is 0.366 e. The van der Waals surface area contributed by atoms with Gasteiger partial charge in [-0.15, -0.1) is 0 Å². The molecule has 0 bridgehead atoms. The minimum Gasteiger partial charge on any atom is -0.366 e. The van der Waals surface area contributed by atoms with Crippen molar-refractivity contribution in [2.75, 3.05) is 18.4 Å². The van der Waals surface area contributed by atoms with E-state index in [1.165, 1.54) is 5.56 Å². The molecular weight excluding hydrogens is 316 g/mol. The van der Waals surface area contributed by atoms with E-state index < -0.39 is 0 Å². The van der Waals surface area contributed by atoms with Crippen LogP contribution in [0.2, 0.25) is 0 Å². The zero-order chi connectivity index (χ0) is 13.8. The maximum atomic E-state index is 4.22. The summed E-state index contributed by atoms with van der Waals surface area (Å²) in [5.41, 5.74) is 1.36. The van der Waals surface area contributed by atoms with Gasteiger partial charge in [0.1, 0.15) is 12.1 Å². The number of anilines is 1. The summed E-state index contributed by atoms with van der Waals surface area (Å²) in [4.78, 5) is 10.6. The molecule has 0 radical (unpaired) electrons. The first kappa shape index (κ1) is 13.5. The van der Waals surface area contributed by atoms with Gasteiger partial charge in [-0.25, -0.2) is 9.97 Å². The van der Waals surface area contributed by atoms with E-state index in [1.807, 2.05) is 6.07 Å². The Kier molecular flexibility index (Phi) is 4.28. The van der Waals surface area contributed by atoms with Gasteiger partial charge in [0.15, 0.2) is 0 Å². The first-order valence-electron chi connectivity index (χ1n) is 6.79. The highest BCUT2D eigenvalue weighted by Crippen LogP contribution is 2.18. The zero-order valence-electron chi connectivity index (χ0n) is 11.2. The van der Waals surface area contributed by atoms with Crippen LogP contribution in [0.25, 0.3) is 0 Å². The fourth-order valence-electron chi connectivity index (χ4n) is 2.53. The van der Waals surface area contributed by atoms with Crippen molar-refractivity contribution in [1.82, 2.24) is 14.9 Å². The van der Waals surface area contributed by atoms with Crippen molar-refractivity contribution in [3.8, 4) is 0 Å². The van der Waals surface area contributed by atoms with E-state index in [9.17, 15) is 0 Å². The zero-order valence-corrected chi connectivity index (χ0v) is 12.8. The Balaban J connectivity index is 1.53. The summed E-state index contributed by atoms with van der Waals surface area (Å²) in [6.45, 7) is 3.19. The summed E-state index contributed by atoms with van der Waals surface area (Å²) in [6.07, 6.45) is 4.50. The van der Waals surface area contributed by atoms with Crippen LogP contribution in [0.3, 0.4) is 0 Å². The molecule has 104 valence electrons. The van der Waals surface area contributed by atoms with E-state index >= 15 is 0 Å². The molecule has 0 amide bonds. The molecule has 3 rings (SSSR count). The highest BCUT2D eigenvalue weighted by Gasteiger charge is 2.22. The molecule has 2 aromatic rings. The second-order valence-electron chi connectivity index (χ2n) is 5.09. The van der Waals surface area contributed by atoms with Crippen molar-refractivity contribution < 1.29 is 0 Å². The second-order valence-corrected chi connectivity index (χ2v) is 6.00. The van der Waals surface area contributed by atoms with E-state index in [4.69, 9.17) is 0 Å². The number of hydrogen-bond acceptors (Lipinski definition) is 4. The van der Waals surface area contributed by atoms with Gasteiger partial charge in [-0.1, -0.05) is 28.1 Å². The molecule has 4 nitrogen and oxygen atoms in total. The molecule has 20 heavy (non-hydrogen) atoms. The number of hydrogen-bond donors (Lipinski definition) is 1. The lowest BCUT2D eigenvalue weighted by molar-refractivity contribution is 0.328. The van der Waals surface area contributed by atoms with Gasteiger partial charge in [0, 0.05) is 36.3 Å². The van der Waals surface area contributed by atoms with Gasteiger partial charge in [-0.3, -0.25) is 4.90 Å². The normalized spacial score (nSPS) is 19.1. The number of benzene rings is 1. The first-order valence-corrected chi connectivity index (χ1v) is 7.58. The van der Waals surface area contributed by atoms with Crippen molar-refractivity contribution >= 4 is 21.7 Å². The lowest BCUT2D eigenvalue weighted by Crippen LogP contribution is -2.26. The Bertz CT molecular complexity index is 544. The molecule has 1 aromatic carbocycles. The lowest BCUT2D eigenvalue weighted by Gasteiger charge is -2.17. The van der Waals surface area contributed by atoms with Crippen molar-refractivity contribution in [3.05, 3.63) is 52.9 Å². The van der Waals surface area contributed by atoms with Gasteiger partial charge in [-0.2, -0.15) is 0 Å². The van der Waals surface area contributed by atoms with E-state index in [0.717, 1.165) is 36.3 Å². The molecule has 1 aromatic heterocycles. The van der Waals surface area contributed by atoms with Crippen LogP contribution >= 0.6 is 15.9 Å². The van der Waals surface area contributed by atoms with E-state index in [2.05, 4.69) is 60.4 Å². The number of nitrogens with zero attached hydrogens (tertiary/aromatic N) is 3. The second kappa shape index (κ2) is 6.33. The van der Waals surface area contributed by atoms with Crippen LogP contribution in [0.15, 0.2) is 47.3 Å². The van der Waals surface area contributed by atoms with Crippen LogP contribution < -0.4 is 5.32 Å². The summed E-state index contributed by atoms with van der Waals surface area (Å²) < 4.78 is 1.13. The van der Waals surface area contributed by atoms with Gasteiger partial charge in [0.2, 0.25) is 0 Å². The molecule has 1 fully saturated rings. The van der Waals surface area contributed by atoms with E-state index in [1.54, 1.807) is 12.5 Å². The lowest BCUT2D eigenvalue weighted by atomic mass is 10.2. The van der Waals surface area contributed by atoms with Crippen LogP contribution in [0, 0.1) is 0 Å². The first-order chi connectivity index (χ1) is 9.79. The number of rotatable bonds is 4. The predicted octanol–water partition coefficient (Wildman–Crippen LogP) is 2.93. The Morgan fingerprint density at radius 3 is 2.85 bits per heavy atom. The maximum absolute atomic E-state index is 4.22. The molecule has 1 saturated heterocycles. The topological polar surface area (TPSA) is 41.0 Å². The van der Waals surface area contributed by atoms with Gasteiger partial charge < -0.3 is 5.32 Å². The van der Waals surface area contributed by atoms with Gasteiger partial charge in [0.05, 0.1) is 0 Å². The van der Waals surface area contributed by atoms with Gasteiger partial charge in [0.25, 0.3) is 0 Å². The molecule has 0 spiro atoms. The third-order valence-corrected chi connectivity index (χ3v) is 4.05. The summed E-state index contributed by atoms with van der Waals surface area (Å²) in [7, 11) is 0. The van der Waals surface area contributed by atoms with Crippen molar-refractivity contribution in [2.24, 2.45) is 0 Å². The quantitative estimate of drug-likeness (QED) is 0.934. The summed E-state index contributed by atoms with van der Waals surface area (Å²) in [6, 6.07) is 10.9. The van der Waals surface area contributed by atoms with E-state index in [-0.39, 0.29) is 0 Å². The SMILES string of the molecule is Brc1ccc(CN2CCC(Nc3ccncn3)C2)cc1. The van der Waals surface area contributed by atoms with Crippen LogP contribution in [-0.4, -0.2) is 34.0 Å². The molecule has 2 heterocycles. The average Bonchev–Trinajstić information content (AvgIpc) is 2.90. The molecule has 5 heteroatoms. The van der Waals surface area contributed by atoms with Crippen LogP contribution in [0.1, 0.15) is 12.0 Å². The highest BCUT2D eigenvalue weighted by atomic mass is 79.9. The van der Waals surface area contributed by atoms with Gasteiger partial charge >= 0.3 is 0 Å². The number of halogens is 1. The molecule has 1 aliphatic rings. The Morgan fingerprint density at radius 2 is 2.10 bits per heavy atom. The third-order valence-electron chi connectivity index (χ3n) is 3.53. The molecular formula is C15H17BrN4. The molecule has 1 aliphatic heterocycles. The van der Waals surface area contributed by atoms with Crippen molar-refractivity contribution in [3.63, 3.8) is 0 Å². The Morgan fingerprint density at radius 1 is 1.25 bits per heavy atom. The maximum Gasteiger partial charge on any atom is 0.129 e. The smallest absolute Gasteiger partial charge is 0.129 e. The summed E-state index contributed by atoms with van der Waals surface area (Å²) >= 11 is 3.47. The summed E-state index contributed by atoms with van der Waals surface area (Å²) in [5.74, 6) is 0.912. The Labute approximate surface area is 127 Å². The molecule has 0 aliphatic carbocycles. The molecule has 1 N–H and O–H groups in total. The van der Waals surface area contributed by atoms with Crippen LogP contribution in [-0.2, 0) is 6.54 Å². The van der Waals surface area contributed by atoms with Crippen LogP contribution in [0.4, 0.5) is 5.82 Å². The minimum absolute atomic E-state index is 0.473. The summed E-state index contributed by atoms with van der Waals surface area (Å²) in [5, 5.41) is 3.47. The van der Waals surface area contributed by atoms with Crippen molar-refractivity contribution in [1.29, 1.82) is 0 Å². The number of aromatic nitrogens is 2. The number of likely N-dealkylation sites (tertiary alicyclic amines) is 1. The molecule has 0 saturated carbocycles. The monoisotopic (exact) mass is 332 g/mol. The van der Waals surface area contributed by atoms with E-state index in [0.29, 0.717) is 6.04 Å². The molecule has 1 atom stereocenters. The standard InChI is InChI=1S/C15H17BrN4/c16-13-3-1-12(2-4-13)9-20-8-6-14(10-20)19-15-5-7-17-11-18-15/h1-5,7,11,14H,6,8-10H2,(H,17,18,19). The number of nitrogens with one attached hydrogen (secondary N) is 1.